The number of hydrogen-bond donors (Lipinski definition) is 1. The molecule has 0 aliphatic carbocycles. The summed E-state index contributed by atoms with van der Waals surface area (Å²) < 4.78 is 10.6. The van der Waals surface area contributed by atoms with Gasteiger partial charge in [-0.2, -0.15) is 0 Å². The van der Waals surface area contributed by atoms with Gasteiger partial charge >= 0.3 is 5.97 Å². The average molecular weight is 390 g/mol. The number of rotatable bonds is 8. The summed E-state index contributed by atoms with van der Waals surface area (Å²) in [4.78, 5) is 23.7. The number of amides is 1. The number of hydrogen-bond acceptors (Lipinski definition) is 4. The molecule has 0 aromatic heterocycles. The summed E-state index contributed by atoms with van der Waals surface area (Å²) in [5.41, 5.74) is 3.51. The molecule has 27 heavy (non-hydrogen) atoms. The first-order chi connectivity index (χ1) is 12.8. The van der Waals surface area contributed by atoms with E-state index in [-0.39, 0.29) is 13.0 Å². The van der Waals surface area contributed by atoms with E-state index in [1.54, 1.807) is 6.07 Å². The number of halogens is 1. The van der Waals surface area contributed by atoms with Crippen molar-refractivity contribution in [2.24, 2.45) is 0 Å². The summed E-state index contributed by atoms with van der Waals surface area (Å²) in [5, 5.41) is 3.14. The molecule has 0 saturated carbocycles. The minimum absolute atomic E-state index is 0.184. The monoisotopic (exact) mass is 389 g/mol. The highest BCUT2D eigenvalue weighted by Gasteiger charge is 2.12. The molecule has 2 aromatic carbocycles. The van der Waals surface area contributed by atoms with Crippen molar-refractivity contribution in [3.05, 3.63) is 58.1 Å². The van der Waals surface area contributed by atoms with Crippen molar-refractivity contribution >= 4 is 29.2 Å². The Bertz CT molecular complexity index is 797. The summed E-state index contributed by atoms with van der Waals surface area (Å²) in [6.07, 6.45) is 0.695. The van der Waals surface area contributed by atoms with Crippen LogP contribution >= 0.6 is 11.6 Å². The van der Waals surface area contributed by atoms with Crippen LogP contribution in [0.15, 0.2) is 36.4 Å². The van der Waals surface area contributed by atoms with Gasteiger partial charge in [0.05, 0.1) is 17.3 Å². The van der Waals surface area contributed by atoms with Gasteiger partial charge in [-0.3, -0.25) is 9.59 Å². The lowest BCUT2D eigenvalue weighted by molar-refractivity contribution is -0.147. The standard InChI is InChI=1S/C21H24ClNO4/c1-14-6-4-7-17(11-14)26-9-5-8-20(25)27-13-19(24)23-21-16(3)10-15(2)12-18(21)22/h4,6-7,10-12H,5,8-9,13H2,1-3H3,(H,23,24). The second-order valence-corrected chi connectivity index (χ2v) is 6.82. The average Bonchev–Trinajstić information content (AvgIpc) is 2.60. The molecule has 1 amide bonds. The van der Waals surface area contributed by atoms with Crippen LogP contribution < -0.4 is 10.1 Å². The molecule has 144 valence electrons. The lowest BCUT2D eigenvalue weighted by Crippen LogP contribution is -2.21. The van der Waals surface area contributed by atoms with Gasteiger partial charge in [-0.05, 0) is 62.1 Å². The van der Waals surface area contributed by atoms with Gasteiger partial charge in [0, 0.05) is 6.42 Å². The highest BCUT2D eigenvalue weighted by atomic mass is 35.5. The molecule has 6 heteroatoms. The van der Waals surface area contributed by atoms with Gasteiger partial charge in [0.15, 0.2) is 6.61 Å². The Kier molecular flexibility index (Phi) is 7.67. The summed E-state index contributed by atoms with van der Waals surface area (Å²) in [5.74, 6) is -0.0916. The van der Waals surface area contributed by atoms with Crippen molar-refractivity contribution in [1.82, 2.24) is 0 Å². The van der Waals surface area contributed by atoms with E-state index in [0.29, 0.717) is 23.7 Å². The van der Waals surface area contributed by atoms with Gasteiger partial charge in [-0.1, -0.05) is 29.8 Å². The fourth-order valence-electron chi connectivity index (χ4n) is 2.58. The number of aryl methyl sites for hydroxylation is 3. The van der Waals surface area contributed by atoms with E-state index in [1.807, 2.05) is 51.1 Å². The van der Waals surface area contributed by atoms with Crippen molar-refractivity contribution in [2.75, 3.05) is 18.5 Å². The quantitative estimate of drug-likeness (QED) is 0.529. The van der Waals surface area contributed by atoms with Gasteiger partial charge in [0.2, 0.25) is 0 Å². The number of nitrogens with one attached hydrogen (secondary N) is 1. The molecule has 0 fully saturated rings. The van der Waals surface area contributed by atoms with E-state index in [4.69, 9.17) is 21.1 Å². The first-order valence-electron chi connectivity index (χ1n) is 8.77. The van der Waals surface area contributed by atoms with Crippen molar-refractivity contribution in [1.29, 1.82) is 0 Å². The first-order valence-corrected chi connectivity index (χ1v) is 9.14. The topological polar surface area (TPSA) is 64.6 Å². The van der Waals surface area contributed by atoms with Gasteiger partial charge in [0.1, 0.15) is 5.75 Å². The lowest BCUT2D eigenvalue weighted by Gasteiger charge is -2.12. The molecule has 2 aromatic rings. The molecule has 1 N–H and O–H groups in total. The number of carbonyl (C=O) groups is 2. The molecule has 0 aliphatic rings. The maximum absolute atomic E-state index is 12.0. The van der Waals surface area contributed by atoms with E-state index in [2.05, 4.69) is 5.32 Å². The molecule has 0 heterocycles. The van der Waals surface area contributed by atoms with Gasteiger partial charge in [-0.15, -0.1) is 0 Å². The Morgan fingerprint density at radius 3 is 2.56 bits per heavy atom. The normalized spacial score (nSPS) is 10.4. The van der Waals surface area contributed by atoms with Crippen molar-refractivity contribution in [3.8, 4) is 5.75 Å². The predicted octanol–water partition coefficient (Wildman–Crippen LogP) is 4.61. The fourth-order valence-corrected chi connectivity index (χ4v) is 2.95. The zero-order valence-electron chi connectivity index (χ0n) is 15.8. The van der Waals surface area contributed by atoms with Crippen molar-refractivity contribution in [2.45, 2.75) is 33.6 Å². The number of benzene rings is 2. The number of ether oxygens (including phenoxy) is 2. The van der Waals surface area contributed by atoms with Gasteiger partial charge in [-0.25, -0.2) is 0 Å². The van der Waals surface area contributed by atoms with E-state index < -0.39 is 11.9 Å². The summed E-state index contributed by atoms with van der Waals surface area (Å²) in [6, 6.07) is 11.4. The molecule has 0 saturated heterocycles. The Morgan fingerprint density at radius 2 is 1.85 bits per heavy atom. The minimum atomic E-state index is -0.440. The summed E-state index contributed by atoms with van der Waals surface area (Å²) in [7, 11) is 0. The molecule has 0 spiro atoms. The fraction of sp³-hybridized carbons (Fsp3) is 0.333. The molecule has 2 rings (SSSR count). The third-order valence-corrected chi connectivity index (χ3v) is 4.14. The smallest absolute Gasteiger partial charge is 0.306 e. The third-order valence-electron chi connectivity index (χ3n) is 3.84. The van der Waals surface area contributed by atoms with Crippen LogP contribution in [-0.2, 0) is 14.3 Å². The van der Waals surface area contributed by atoms with Crippen LogP contribution in [0.25, 0.3) is 0 Å². The number of esters is 1. The van der Waals surface area contributed by atoms with Crippen LogP contribution in [0.2, 0.25) is 5.02 Å². The highest BCUT2D eigenvalue weighted by molar-refractivity contribution is 6.34. The van der Waals surface area contributed by atoms with Crippen LogP contribution in [0.3, 0.4) is 0 Å². The molecular formula is C21H24ClNO4. The maximum Gasteiger partial charge on any atom is 0.306 e. The van der Waals surface area contributed by atoms with Gasteiger partial charge in [0.25, 0.3) is 5.91 Å². The summed E-state index contributed by atoms with van der Waals surface area (Å²) in [6.45, 7) is 5.83. The zero-order chi connectivity index (χ0) is 19.8. The second-order valence-electron chi connectivity index (χ2n) is 6.42. The zero-order valence-corrected chi connectivity index (χ0v) is 16.6. The van der Waals surface area contributed by atoms with Crippen molar-refractivity contribution < 1.29 is 19.1 Å². The van der Waals surface area contributed by atoms with E-state index in [0.717, 1.165) is 22.4 Å². The first kappa shape index (κ1) is 20.8. The van der Waals surface area contributed by atoms with Crippen LogP contribution in [-0.4, -0.2) is 25.1 Å². The van der Waals surface area contributed by atoms with Gasteiger partial charge < -0.3 is 14.8 Å². The number of carbonyl (C=O) groups excluding carboxylic acids is 2. The molecule has 0 bridgehead atoms. The second kappa shape index (κ2) is 9.97. The van der Waals surface area contributed by atoms with E-state index >= 15 is 0 Å². The summed E-state index contributed by atoms with van der Waals surface area (Å²) >= 11 is 6.15. The van der Waals surface area contributed by atoms with E-state index in [1.165, 1.54) is 0 Å². The maximum atomic E-state index is 12.0. The molecule has 0 aliphatic heterocycles. The Morgan fingerprint density at radius 1 is 1.07 bits per heavy atom. The molecule has 0 unspecified atom stereocenters. The Balaban J connectivity index is 1.68. The molecule has 0 atom stereocenters. The Labute approximate surface area is 164 Å². The predicted molar refractivity (Wildman–Crippen MR) is 106 cm³/mol. The lowest BCUT2D eigenvalue weighted by atomic mass is 10.1. The van der Waals surface area contributed by atoms with Crippen LogP contribution in [0.1, 0.15) is 29.5 Å². The number of anilines is 1. The van der Waals surface area contributed by atoms with E-state index in [9.17, 15) is 9.59 Å². The highest BCUT2D eigenvalue weighted by Crippen LogP contribution is 2.27. The van der Waals surface area contributed by atoms with Crippen LogP contribution in [0.5, 0.6) is 5.75 Å². The largest absolute Gasteiger partial charge is 0.494 e. The molecule has 0 radical (unpaired) electrons. The minimum Gasteiger partial charge on any atom is -0.494 e. The molecular weight excluding hydrogens is 366 g/mol. The Hall–Kier alpha value is -2.53. The van der Waals surface area contributed by atoms with Crippen LogP contribution in [0, 0.1) is 20.8 Å². The van der Waals surface area contributed by atoms with Crippen LogP contribution in [0.4, 0.5) is 5.69 Å². The third kappa shape index (κ3) is 6.94. The SMILES string of the molecule is Cc1cccc(OCCCC(=O)OCC(=O)Nc2c(C)cc(C)cc2Cl)c1. The van der Waals surface area contributed by atoms with Crippen molar-refractivity contribution in [3.63, 3.8) is 0 Å². The molecule has 5 nitrogen and oxygen atoms in total.